The SMILES string of the molecule is O=C(NCCNS(=O)(=O)c1cccc(Cl)c1)C1(c2ccc(Cl)cc2Cl)CCOCC1. The van der Waals surface area contributed by atoms with E-state index in [4.69, 9.17) is 39.5 Å². The van der Waals surface area contributed by atoms with Crippen molar-refractivity contribution in [2.24, 2.45) is 0 Å². The predicted molar refractivity (Wildman–Crippen MR) is 118 cm³/mol. The van der Waals surface area contributed by atoms with Crippen LogP contribution < -0.4 is 10.0 Å². The van der Waals surface area contributed by atoms with Gasteiger partial charge in [-0.15, -0.1) is 0 Å². The number of amides is 1. The van der Waals surface area contributed by atoms with E-state index >= 15 is 0 Å². The van der Waals surface area contributed by atoms with Gasteiger partial charge in [0.15, 0.2) is 0 Å². The Balaban J connectivity index is 1.67. The first-order valence-corrected chi connectivity index (χ1v) is 11.9. The number of ether oxygens (including phenoxy) is 1. The fraction of sp³-hybridized carbons (Fsp3) is 0.350. The van der Waals surface area contributed by atoms with Crippen LogP contribution in [0.5, 0.6) is 0 Å². The largest absolute Gasteiger partial charge is 0.381 e. The van der Waals surface area contributed by atoms with Crippen molar-refractivity contribution in [3.05, 3.63) is 63.1 Å². The van der Waals surface area contributed by atoms with E-state index in [0.29, 0.717) is 46.7 Å². The summed E-state index contributed by atoms with van der Waals surface area (Å²) in [5.41, 5.74) is -0.167. The van der Waals surface area contributed by atoms with Gasteiger partial charge in [-0.25, -0.2) is 13.1 Å². The van der Waals surface area contributed by atoms with Crippen LogP contribution in [0, 0.1) is 0 Å². The van der Waals surface area contributed by atoms with E-state index in [-0.39, 0.29) is 23.9 Å². The second-order valence-corrected chi connectivity index (χ2v) is 9.98. The van der Waals surface area contributed by atoms with Crippen molar-refractivity contribution in [3.8, 4) is 0 Å². The lowest BCUT2D eigenvalue weighted by molar-refractivity contribution is -0.130. The third kappa shape index (κ3) is 5.28. The van der Waals surface area contributed by atoms with E-state index < -0.39 is 15.4 Å². The Morgan fingerprint density at radius 1 is 1.00 bits per heavy atom. The Hall–Kier alpha value is -1.35. The molecule has 30 heavy (non-hydrogen) atoms. The lowest BCUT2D eigenvalue weighted by Crippen LogP contribution is -2.49. The number of rotatable bonds is 7. The molecule has 0 saturated carbocycles. The first-order valence-electron chi connectivity index (χ1n) is 9.31. The van der Waals surface area contributed by atoms with Gasteiger partial charge < -0.3 is 10.1 Å². The highest BCUT2D eigenvalue weighted by Gasteiger charge is 2.42. The van der Waals surface area contributed by atoms with Crippen LogP contribution in [0.3, 0.4) is 0 Å². The zero-order valence-corrected chi connectivity index (χ0v) is 19.0. The van der Waals surface area contributed by atoms with Crippen LogP contribution in [0.15, 0.2) is 47.4 Å². The zero-order valence-electron chi connectivity index (χ0n) is 16.0. The molecular formula is C20H21Cl3N2O4S. The average Bonchev–Trinajstić information content (AvgIpc) is 2.71. The van der Waals surface area contributed by atoms with E-state index in [1.807, 2.05) is 0 Å². The van der Waals surface area contributed by atoms with Crippen LogP contribution in [0.4, 0.5) is 0 Å². The number of hydrogen-bond acceptors (Lipinski definition) is 4. The number of benzene rings is 2. The van der Waals surface area contributed by atoms with Crippen LogP contribution in [0.2, 0.25) is 15.1 Å². The number of sulfonamides is 1. The number of hydrogen-bond donors (Lipinski definition) is 2. The lowest BCUT2D eigenvalue weighted by atomic mass is 9.73. The smallest absolute Gasteiger partial charge is 0.240 e. The third-order valence-electron chi connectivity index (χ3n) is 5.04. The Labute approximate surface area is 190 Å². The van der Waals surface area contributed by atoms with Gasteiger partial charge >= 0.3 is 0 Å². The molecule has 1 aliphatic heterocycles. The highest BCUT2D eigenvalue weighted by Crippen LogP contribution is 2.39. The Bertz CT molecular complexity index is 1020. The minimum Gasteiger partial charge on any atom is -0.381 e. The maximum Gasteiger partial charge on any atom is 0.240 e. The van der Waals surface area contributed by atoms with E-state index in [1.54, 1.807) is 30.3 Å². The van der Waals surface area contributed by atoms with Gasteiger partial charge in [0.1, 0.15) is 0 Å². The van der Waals surface area contributed by atoms with E-state index in [2.05, 4.69) is 10.0 Å². The van der Waals surface area contributed by atoms with Gasteiger partial charge in [0, 0.05) is 41.4 Å². The molecule has 1 saturated heterocycles. The molecule has 1 aliphatic rings. The van der Waals surface area contributed by atoms with Gasteiger partial charge in [0.25, 0.3) is 0 Å². The van der Waals surface area contributed by atoms with E-state index in [1.165, 1.54) is 12.1 Å². The second-order valence-electron chi connectivity index (χ2n) is 6.93. The van der Waals surface area contributed by atoms with Crippen LogP contribution in [0.1, 0.15) is 18.4 Å². The standard InChI is InChI=1S/C20H21Cl3N2O4S/c21-14-2-1-3-16(12-14)30(27,28)25-9-8-24-19(26)20(6-10-29-11-7-20)17-5-4-15(22)13-18(17)23/h1-5,12-13,25H,6-11H2,(H,24,26). The molecule has 0 radical (unpaired) electrons. The quantitative estimate of drug-likeness (QED) is 0.577. The summed E-state index contributed by atoms with van der Waals surface area (Å²) < 4.78 is 32.6. The Morgan fingerprint density at radius 3 is 2.37 bits per heavy atom. The zero-order chi connectivity index (χ0) is 21.8. The minimum atomic E-state index is -3.73. The van der Waals surface area contributed by atoms with Gasteiger partial charge in [-0.05, 0) is 48.7 Å². The fourth-order valence-electron chi connectivity index (χ4n) is 3.46. The molecule has 0 unspecified atom stereocenters. The second kappa shape index (κ2) is 9.85. The molecule has 6 nitrogen and oxygen atoms in total. The molecular weight excluding hydrogens is 471 g/mol. The third-order valence-corrected chi connectivity index (χ3v) is 7.28. The highest BCUT2D eigenvalue weighted by molar-refractivity contribution is 7.89. The van der Waals surface area contributed by atoms with Gasteiger partial charge in [-0.3, -0.25) is 4.79 Å². The minimum absolute atomic E-state index is 0.0293. The lowest BCUT2D eigenvalue weighted by Gasteiger charge is -2.36. The molecule has 2 N–H and O–H groups in total. The molecule has 2 aromatic carbocycles. The van der Waals surface area contributed by atoms with E-state index in [0.717, 1.165) is 0 Å². The molecule has 1 amide bonds. The molecule has 0 atom stereocenters. The summed E-state index contributed by atoms with van der Waals surface area (Å²) in [5.74, 6) is -0.225. The van der Waals surface area contributed by atoms with Crippen LogP contribution >= 0.6 is 34.8 Å². The topological polar surface area (TPSA) is 84.5 Å². The van der Waals surface area contributed by atoms with Crippen molar-refractivity contribution in [1.29, 1.82) is 0 Å². The predicted octanol–water partition coefficient (Wildman–Crippen LogP) is 3.79. The summed E-state index contributed by atoms with van der Waals surface area (Å²) >= 11 is 18.3. The highest BCUT2D eigenvalue weighted by atomic mass is 35.5. The summed E-state index contributed by atoms with van der Waals surface area (Å²) in [7, 11) is -3.73. The number of nitrogens with one attached hydrogen (secondary N) is 2. The number of carbonyl (C=O) groups excluding carboxylic acids is 1. The molecule has 0 bridgehead atoms. The van der Waals surface area contributed by atoms with Gasteiger partial charge in [-0.2, -0.15) is 0 Å². The normalized spacial score (nSPS) is 16.2. The van der Waals surface area contributed by atoms with Crippen LogP contribution in [-0.4, -0.2) is 40.6 Å². The molecule has 0 aliphatic carbocycles. The molecule has 162 valence electrons. The molecule has 1 fully saturated rings. The first-order chi connectivity index (χ1) is 14.2. The van der Waals surface area contributed by atoms with Crippen molar-refractivity contribution < 1.29 is 17.9 Å². The number of carbonyl (C=O) groups is 1. The molecule has 2 aromatic rings. The summed E-state index contributed by atoms with van der Waals surface area (Å²) in [6, 6.07) is 11.0. The molecule has 0 aromatic heterocycles. The summed E-state index contributed by atoms with van der Waals surface area (Å²) in [5, 5.41) is 4.06. The van der Waals surface area contributed by atoms with Gasteiger partial charge in [0.2, 0.25) is 15.9 Å². The van der Waals surface area contributed by atoms with Crippen LogP contribution in [-0.2, 0) is 25.0 Å². The van der Waals surface area contributed by atoms with Crippen molar-refractivity contribution >= 4 is 50.7 Å². The van der Waals surface area contributed by atoms with Crippen molar-refractivity contribution in [2.75, 3.05) is 26.3 Å². The van der Waals surface area contributed by atoms with Crippen molar-refractivity contribution in [1.82, 2.24) is 10.0 Å². The number of halogens is 3. The summed E-state index contributed by atoms with van der Waals surface area (Å²) in [4.78, 5) is 13.2. The molecule has 0 spiro atoms. The Kier molecular flexibility index (Phi) is 7.66. The van der Waals surface area contributed by atoms with Crippen molar-refractivity contribution in [3.63, 3.8) is 0 Å². The fourth-order valence-corrected chi connectivity index (χ4v) is 5.39. The maximum absolute atomic E-state index is 13.1. The summed E-state index contributed by atoms with van der Waals surface area (Å²) in [6.45, 7) is 0.996. The molecule has 3 rings (SSSR count). The van der Waals surface area contributed by atoms with Gasteiger partial charge in [-0.1, -0.05) is 46.9 Å². The first kappa shape index (κ1) is 23.3. The molecule has 10 heteroatoms. The summed E-state index contributed by atoms with van der Waals surface area (Å²) in [6.07, 6.45) is 0.933. The van der Waals surface area contributed by atoms with Crippen molar-refractivity contribution in [2.45, 2.75) is 23.2 Å². The average molecular weight is 492 g/mol. The van der Waals surface area contributed by atoms with E-state index in [9.17, 15) is 13.2 Å². The van der Waals surface area contributed by atoms with Crippen LogP contribution in [0.25, 0.3) is 0 Å². The molecule has 1 heterocycles. The Morgan fingerprint density at radius 2 is 1.70 bits per heavy atom. The monoisotopic (exact) mass is 490 g/mol. The van der Waals surface area contributed by atoms with Gasteiger partial charge in [0.05, 0.1) is 10.3 Å². The maximum atomic E-state index is 13.1.